The first kappa shape index (κ1) is 23.2. The molecule has 0 unspecified atom stereocenters. The minimum atomic E-state index is -3.64. The van der Waals surface area contributed by atoms with Gasteiger partial charge in [0.2, 0.25) is 15.9 Å². The first-order valence-electron chi connectivity index (χ1n) is 9.83. The first-order chi connectivity index (χ1) is 14.7. The topological polar surface area (TPSA) is 132 Å². The maximum Gasteiger partial charge on any atom is 0.414 e. The molecule has 0 aromatic heterocycles. The molecule has 11 nitrogen and oxygen atoms in total. The Morgan fingerprint density at radius 2 is 2.13 bits per heavy atom. The van der Waals surface area contributed by atoms with Gasteiger partial charge in [-0.3, -0.25) is 9.69 Å². The van der Waals surface area contributed by atoms with Gasteiger partial charge in [0.15, 0.2) is 0 Å². The molecule has 1 aromatic rings. The predicted octanol–water partition coefficient (Wildman–Crippen LogP) is -0.764. The quantitative estimate of drug-likeness (QED) is 0.485. The average molecular weight is 460 g/mol. The van der Waals surface area contributed by atoms with E-state index in [1.165, 1.54) is 24.0 Å². The van der Waals surface area contributed by atoms with Crippen molar-refractivity contribution in [2.75, 3.05) is 61.4 Å². The number of carbonyl (C=O) groups excluding carboxylic acids is 2. The molecular formula is C18H26FN5O6S. The Morgan fingerprint density at radius 3 is 2.81 bits per heavy atom. The van der Waals surface area contributed by atoms with Crippen LogP contribution in [0.4, 0.5) is 20.6 Å². The van der Waals surface area contributed by atoms with Crippen molar-refractivity contribution in [1.29, 1.82) is 0 Å². The molecule has 2 aliphatic rings. The van der Waals surface area contributed by atoms with Crippen molar-refractivity contribution < 1.29 is 32.2 Å². The maximum atomic E-state index is 14.9. The molecule has 1 atom stereocenters. The molecule has 3 rings (SSSR count). The van der Waals surface area contributed by atoms with Gasteiger partial charge in [-0.1, -0.05) is 0 Å². The number of ether oxygens (including phenoxy) is 1. The summed E-state index contributed by atoms with van der Waals surface area (Å²) in [7, 11) is -3.64. The molecule has 31 heavy (non-hydrogen) atoms. The summed E-state index contributed by atoms with van der Waals surface area (Å²) in [6.45, 7) is 2.22. The van der Waals surface area contributed by atoms with Crippen molar-refractivity contribution in [3.63, 3.8) is 0 Å². The van der Waals surface area contributed by atoms with Crippen LogP contribution in [0.25, 0.3) is 0 Å². The summed E-state index contributed by atoms with van der Waals surface area (Å²) in [6.07, 6.45) is -1.14. The van der Waals surface area contributed by atoms with E-state index < -0.39 is 40.4 Å². The Morgan fingerprint density at radius 1 is 1.35 bits per heavy atom. The van der Waals surface area contributed by atoms with Crippen LogP contribution in [0, 0.1) is 5.82 Å². The number of amides is 2. The van der Waals surface area contributed by atoms with Crippen LogP contribution in [0.1, 0.15) is 6.92 Å². The van der Waals surface area contributed by atoms with Crippen LogP contribution in [0.2, 0.25) is 0 Å². The van der Waals surface area contributed by atoms with Crippen LogP contribution in [0.5, 0.6) is 0 Å². The number of aliphatic hydroxyl groups is 1. The zero-order valence-electron chi connectivity index (χ0n) is 17.1. The second-order valence-electron chi connectivity index (χ2n) is 7.20. The Bertz CT molecular complexity index is 930. The number of benzene rings is 1. The van der Waals surface area contributed by atoms with E-state index in [-0.39, 0.29) is 44.3 Å². The highest BCUT2D eigenvalue weighted by Crippen LogP contribution is 2.28. The molecule has 3 N–H and O–H groups in total. The van der Waals surface area contributed by atoms with Gasteiger partial charge in [0.1, 0.15) is 11.9 Å². The summed E-state index contributed by atoms with van der Waals surface area (Å²) in [6, 6.07) is 4.37. The number of anilines is 2. The van der Waals surface area contributed by atoms with Gasteiger partial charge in [0.05, 0.1) is 36.8 Å². The summed E-state index contributed by atoms with van der Waals surface area (Å²) in [5, 5.41) is 11.5. The summed E-state index contributed by atoms with van der Waals surface area (Å²) in [5.74, 6) is -1.18. The van der Waals surface area contributed by atoms with Gasteiger partial charge in [-0.25, -0.2) is 23.0 Å². The Labute approximate surface area is 179 Å². The molecule has 2 saturated heterocycles. The fourth-order valence-electron chi connectivity index (χ4n) is 3.43. The van der Waals surface area contributed by atoms with Crippen LogP contribution in [-0.2, 0) is 19.6 Å². The monoisotopic (exact) mass is 459 g/mol. The third kappa shape index (κ3) is 5.61. The van der Waals surface area contributed by atoms with Crippen molar-refractivity contribution in [3.8, 4) is 0 Å². The lowest BCUT2D eigenvalue weighted by Gasteiger charge is -2.24. The largest absolute Gasteiger partial charge is 0.442 e. The van der Waals surface area contributed by atoms with Crippen molar-refractivity contribution in [2.24, 2.45) is 0 Å². The SMILES string of the molecule is CC(=O)NC[C@H]1CN(c2ccc(N3CCNN(S(=O)(=O)CCO)CC3)c(F)c2)C(=O)O1. The van der Waals surface area contributed by atoms with Crippen LogP contribution in [0.15, 0.2) is 18.2 Å². The summed E-state index contributed by atoms with van der Waals surface area (Å²) in [4.78, 5) is 26.2. The fraction of sp³-hybridized carbons (Fsp3) is 0.556. The van der Waals surface area contributed by atoms with E-state index in [9.17, 15) is 22.4 Å². The Hall–Kier alpha value is -2.48. The second kappa shape index (κ2) is 9.77. The Balaban J connectivity index is 1.67. The normalized spacial score (nSPS) is 20.5. The summed E-state index contributed by atoms with van der Waals surface area (Å²) >= 11 is 0. The van der Waals surface area contributed by atoms with Gasteiger partial charge in [-0.05, 0) is 18.2 Å². The third-order valence-corrected chi connectivity index (χ3v) is 6.65. The van der Waals surface area contributed by atoms with Crippen molar-refractivity contribution in [1.82, 2.24) is 15.2 Å². The van der Waals surface area contributed by atoms with Gasteiger partial charge in [-0.15, -0.1) is 4.41 Å². The van der Waals surface area contributed by atoms with E-state index in [1.54, 1.807) is 11.0 Å². The molecule has 13 heteroatoms. The highest BCUT2D eigenvalue weighted by atomic mass is 32.2. The van der Waals surface area contributed by atoms with E-state index in [0.717, 1.165) is 4.41 Å². The van der Waals surface area contributed by atoms with Gasteiger partial charge in [0, 0.05) is 33.1 Å². The fourth-order valence-corrected chi connectivity index (χ4v) is 4.53. The minimum Gasteiger partial charge on any atom is -0.442 e. The molecule has 0 spiro atoms. The lowest BCUT2D eigenvalue weighted by molar-refractivity contribution is -0.119. The van der Waals surface area contributed by atoms with Crippen LogP contribution in [0.3, 0.4) is 0 Å². The van der Waals surface area contributed by atoms with Gasteiger partial charge < -0.3 is 20.1 Å². The van der Waals surface area contributed by atoms with E-state index in [2.05, 4.69) is 10.7 Å². The van der Waals surface area contributed by atoms with Crippen molar-refractivity contribution >= 4 is 33.4 Å². The number of nitrogens with one attached hydrogen (secondary N) is 2. The Kier molecular flexibility index (Phi) is 7.30. The number of halogens is 1. The number of rotatable bonds is 7. The number of hydrogen-bond donors (Lipinski definition) is 3. The number of carbonyl (C=O) groups is 2. The third-order valence-electron chi connectivity index (χ3n) is 4.96. The molecule has 2 aliphatic heterocycles. The molecule has 0 radical (unpaired) electrons. The van der Waals surface area contributed by atoms with Crippen LogP contribution in [-0.4, -0.2) is 87.7 Å². The average Bonchev–Trinajstić information content (AvgIpc) is 2.90. The first-order valence-corrected chi connectivity index (χ1v) is 11.4. The van der Waals surface area contributed by atoms with E-state index in [0.29, 0.717) is 12.2 Å². The predicted molar refractivity (Wildman–Crippen MR) is 110 cm³/mol. The summed E-state index contributed by atoms with van der Waals surface area (Å²) in [5.41, 5.74) is 3.40. The minimum absolute atomic E-state index is 0.0901. The molecule has 2 fully saturated rings. The lowest BCUT2D eigenvalue weighted by Crippen LogP contribution is -2.45. The number of sulfonamides is 1. The summed E-state index contributed by atoms with van der Waals surface area (Å²) < 4.78 is 45.4. The van der Waals surface area contributed by atoms with Crippen LogP contribution < -0.4 is 20.5 Å². The zero-order valence-corrected chi connectivity index (χ0v) is 17.9. The molecule has 1 aromatic carbocycles. The van der Waals surface area contributed by atoms with E-state index >= 15 is 0 Å². The molecule has 0 saturated carbocycles. The van der Waals surface area contributed by atoms with Gasteiger partial charge in [0.25, 0.3) is 0 Å². The number of nitrogens with zero attached hydrogens (tertiary/aromatic N) is 3. The smallest absolute Gasteiger partial charge is 0.414 e. The van der Waals surface area contributed by atoms with E-state index in [1.807, 2.05) is 0 Å². The molecule has 172 valence electrons. The number of aliphatic hydroxyl groups excluding tert-OH is 1. The van der Waals surface area contributed by atoms with Gasteiger partial charge >= 0.3 is 6.09 Å². The molecule has 0 bridgehead atoms. The molecule has 0 aliphatic carbocycles. The van der Waals surface area contributed by atoms with Crippen LogP contribution >= 0.6 is 0 Å². The molecule has 2 heterocycles. The highest BCUT2D eigenvalue weighted by molar-refractivity contribution is 7.89. The number of cyclic esters (lactones) is 1. The molecular weight excluding hydrogens is 433 g/mol. The zero-order chi connectivity index (χ0) is 22.6. The highest BCUT2D eigenvalue weighted by Gasteiger charge is 2.33. The maximum absolute atomic E-state index is 14.9. The second-order valence-corrected chi connectivity index (χ2v) is 9.21. The molecule has 2 amide bonds. The van der Waals surface area contributed by atoms with Crippen molar-refractivity contribution in [3.05, 3.63) is 24.0 Å². The standard InChI is InChI=1S/C18H26FN5O6S/c1-13(26)20-11-15-12-23(18(27)30-15)14-2-3-17(16(19)10-14)22-5-4-21-24(7-6-22)31(28,29)9-8-25/h2-3,10,15,21,25H,4-9,11-12H2,1H3,(H,20,26)/t15-/m0/s1. The van der Waals surface area contributed by atoms with Gasteiger partial charge in [-0.2, -0.15) is 0 Å². The van der Waals surface area contributed by atoms with E-state index in [4.69, 9.17) is 9.84 Å². The number of hydrazine groups is 1. The number of hydrogen-bond acceptors (Lipinski definition) is 8. The van der Waals surface area contributed by atoms with Crippen molar-refractivity contribution in [2.45, 2.75) is 13.0 Å². The lowest BCUT2D eigenvalue weighted by atomic mass is 10.2.